The maximum Gasteiger partial charge on any atom is 0.307 e. The molecule has 0 atom stereocenters. The maximum absolute atomic E-state index is 13.2. The Hall–Kier alpha value is -4.36. The molecular formula is C90H161N3O9. The second-order valence-electron chi connectivity index (χ2n) is 28.5. The third kappa shape index (κ3) is 78.2. The van der Waals surface area contributed by atoms with Crippen LogP contribution in [0.25, 0.3) is 0 Å². The molecule has 0 rings (SSSR count). The summed E-state index contributed by atoms with van der Waals surface area (Å²) in [7, 11) is 0. The van der Waals surface area contributed by atoms with Crippen molar-refractivity contribution in [3.05, 3.63) is 97.2 Å². The Morgan fingerprint density at radius 1 is 0.225 bits per heavy atom. The van der Waals surface area contributed by atoms with E-state index >= 15 is 0 Å². The number of carbonyl (C=O) groups is 4. The van der Waals surface area contributed by atoms with Crippen LogP contribution in [-0.2, 0) is 38.1 Å². The highest BCUT2D eigenvalue weighted by molar-refractivity contribution is 5.71. The molecule has 0 fully saturated rings. The molecule has 12 heteroatoms. The van der Waals surface area contributed by atoms with Crippen LogP contribution in [-0.4, -0.2) is 136 Å². The Kier molecular flexibility index (Phi) is 80.3. The SMILES string of the molecule is CCCCC/C=C\C/C=C\CCCCCCCCOC(=O)CCN(CCC(=O)OCCCCCCCC/C=C\C/C=C\CCCCC)CCN(CCO)CCN(CCC(=O)OCCCCCCCC/C=C\C/C=C\CCCCC)CCC(=O)OCCCCCCCC/C=C\C/C=C\CCCCC. The Morgan fingerprint density at radius 2 is 0.402 bits per heavy atom. The Bertz CT molecular complexity index is 1790. The Labute approximate surface area is 629 Å². The van der Waals surface area contributed by atoms with Gasteiger partial charge >= 0.3 is 23.9 Å². The quantitative estimate of drug-likeness (QED) is 0.0269. The summed E-state index contributed by atoms with van der Waals surface area (Å²) in [5.41, 5.74) is 0. The smallest absolute Gasteiger partial charge is 0.307 e. The van der Waals surface area contributed by atoms with Crippen LogP contribution < -0.4 is 0 Å². The molecule has 0 aromatic rings. The van der Waals surface area contributed by atoms with Crippen LogP contribution in [0.3, 0.4) is 0 Å². The molecule has 102 heavy (non-hydrogen) atoms. The molecule has 0 amide bonds. The van der Waals surface area contributed by atoms with Gasteiger partial charge in [0.2, 0.25) is 0 Å². The van der Waals surface area contributed by atoms with Gasteiger partial charge in [0.25, 0.3) is 0 Å². The molecule has 0 aromatic heterocycles. The topological polar surface area (TPSA) is 135 Å². The first kappa shape index (κ1) is 97.6. The third-order valence-corrected chi connectivity index (χ3v) is 18.8. The molecule has 0 bridgehead atoms. The van der Waals surface area contributed by atoms with E-state index in [2.05, 4.69) is 140 Å². The van der Waals surface area contributed by atoms with Gasteiger partial charge in [-0.25, -0.2) is 0 Å². The van der Waals surface area contributed by atoms with Gasteiger partial charge in [-0.3, -0.25) is 24.1 Å². The van der Waals surface area contributed by atoms with Crippen LogP contribution in [0.2, 0.25) is 0 Å². The highest BCUT2D eigenvalue weighted by atomic mass is 16.5. The highest BCUT2D eigenvalue weighted by Gasteiger charge is 2.18. The van der Waals surface area contributed by atoms with E-state index in [0.29, 0.717) is 85.3 Å². The number of esters is 4. The summed E-state index contributed by atoms with van der Waals surface area (Å²) >= 11 is 0. The van der Waals surface area contributed by atoms with Gasteiger partial charge in [0, 0.05) is 58.9 Å². The maximum atomic E-state index is 13.2. The molecule has 0 heterocycles. The Morgan fingerprint density at radius 3 is 0.598 bits per heavy atom. The van der Waals surface area contributed by atoms with Crippen molar-refractivity contribution in [2.24, 2.45) is 0 Å². The monoisotopic (exact) mass is 1430 g/mol. The van der Waals surface area contributed by atoms with Crippen molar-refractivity contribution < 1.29 is 43.2 Å². The van der Waals surface area contributed by atoms with Gasteiger partial charge in [0.15, 0.2) is 0 Å². The van der Waals surface area contributed by atoms with Crippen LogP contribution in [0, 0.1) is 0 Å². The summed E-state index contributed by atoms with van der Waals surface area (Å²) in [6.45, 7) is 15.1. The molecule has 0 aliphatic heterocycles. The van der Waals surface area contributed by atoms with E-state index in [-0.39, 0.29) is 56.2 Å². The van der Waals surface area contributed by atoms with Crippen LogP contribution in [0.1, 0.15) is 362 Å². The standard InChI is InChI=1S/C90H161N3O9/c1-5-9-13-17-21-25-29-33-37-41-45-49-53-57-61-65-83-99-87(95)69-73-91(74-70-88(96)100-84-66-62-58-54-50-46-42-38-34-30-26-22-18-14-10-6-2)77-79-93(81-82-94)80-78-92(75-71-89(97)101-85-67-63-59-55-51-47-43-39-35-31-27-23-19-15-11-7-3)76-72-90(98)102-86-68-64-60-56-52-48-44-40-36-32-28-24-20-16-12-8-4/h21-28,33-40,94H,5-20,29-32,41-86H2,1-4H3/b25-21-,26-22-,27-23-,28-24-,37-33-,38-34-,39-35-,40-36-. The largest absolute Gasteiger partial charge is 0.466 e. The third-order valence-electron chi connectivity index (χ3n) is 18.8. The zero-order valence-electron chi connectivity index (χ0n) is 67.0. The molecule has 0 unspecified atom stereocenters. The van der Waals surface area contributed by atoms with E-state index in [4.69, 9.17) is 18.9 Å². The molecule has 0 spiro atoms. The van der Waals surface area contributed by atoms with E-state index in [1.807, 2.05) is 0 Å². The number of aliphatic hydroxyl groups excluding tert-OH is 1. The lowest BCUT2D eigenvalue weighted by Gasteiger charge is -2.29. The molecule has 0 radical (unpaired) electrons. The first-order valence-corrected chi connectivity index (χ1v) is 42.9. The molecule has 0 saturated heterocycles. The molecule has 1 N–H and O–H groups in total. The van der Waals surface area contributed by atoms with Crippen LogP contribution >= 0.6 is 0 Å². The van der Waals surface area contributed by atoms with Gasteiger partial charge < -0.3 is 33.9 Å². The number of carbonyl (C=O) groups excluding carboxylic acids is 4. The number of rotatable bonds is 80. The van der Waals surface area contributed by atoms with Crippen molar-refractivity contribution in [3.8, 4) is 0 Å². The van der Waals surface area contributed by atoms with E-state index in [1.165, 1.54) is 180 Å². The van der Waals surface area contributed by atoms with Crippen LogP contribution in [0.15, 0.2) is 97.2 Å². The normalized spacial score (nSPS) is 12.3. The molecule has 0 aromatic carbocycles. The van der Waals surface area contributed by atoms with E-state index in [9.17, 15) is 24.3 Å². The van der Waals surface area contributed by atoms with Gasteiger partial charge in [-0.2, -0.15) is 0 Å². The molecule has 0 aliphatic carbocycles. The van der Waals surface area contributed by atoms with Crippen LogP contribution in [0.5, 0.6) is 0 Å². The average Bonchev–Trinajstić information content (AvgIpc) is 1.09. The predicted octanol–water partition coefficient (Wildman–Crippen LogP) is 23.9. The van der Waals surface area contributed by atoms with Gasteiger partial charge in [-0.15, -0.1) is 0 Å². The minimum Gasteiger partial charge on any atom is -0.466 e. The van der Waals surface area contributed by atoms with Gasteiger partial charge in [0.1, 0.15) is 0 Å². The van der Waals surface area contributed by atoms with Gasteiger partial charge in [-0.1, -0.05) is 279 Å². The second-order valence-corrected chi connectivity index (χ2v) is 28.5. The Balaban J connectivity index is 5.49. The molecule has 0 aliphatic rings. The highest BCUT2D eigenvalue weighted by Crippen LogP contribution is 2.15. The lowest BCUT2D eigenvalue weighted by atomic mass is 10.1. The summed E-state index contributed by atoms with van der Waals surface area (Å²) in [6, 6.07) is 0. The minimum absolute atomic E-state index is 0.0376. The fourth-order valence-corrected chi connectivity index (χ4v) is 12.1. The summed E-state index contributed by atoms with van der Waals surface area (Å²) in [5.74, 6) is -0.924. The van der Waals surface area contributed by atoms with Gasteiger partial charge in [-0.05, 0) is 154 Å². The van der Waals surface area contributed by atoms with E-state index in [1.54, 1.807) is 0 Å². The zero-order valence-corrected chi connectivity index (χ0v) is 67.0. The lowest BCUT2D eigenvalue weighted by Crippen LogP contribution is -2.42. The van der Waals surface area contributed by atoms with Crippen molar-refractivity contribution in [3.63, 3.8) is 0 Å². The fourth-order valence-electron chi connectivity index (χ4n) is 12.1. The molecule has 590 valence electrons. The summed E-state index contributed by atoms with van der Waals surface area (Å²) in [6.07, 6.45) is 93.1. The number of nitrogens with zero attached hydrogens (tertiary/aromatic N) is 3. The number of hydrogen-bond donors (Lipinski definition) is 1. The minimum atomic E-state index is -0.231. The van der Waals surface area contributed by atoms with Crippen LogP contribution in [0.4, 0.5) is 0 Å². The summed E-state index contributed by atoms with van der Waals surface area (Å²) in [4.78, 5) is 59.2. The van der Waals surface area contributed by atoms with Gasteiger partial charge in [0.05, 0.1) is 58.7 Å². The summed E-state index contributed by atoms with van der Waals surface area (Å²) in [5, 5.41) is 10.3. The molecular weight excluding hydrogens is 1270 g/mol. The molecule has 0 saturated carbocycles. The number of hydrogen-bond acceptors (Lipinski definition) is 12. The first-order chi connectivity index (χ1) is 50.3. The first-order valence-electron chi connectivity index (χ1n) is 42.9. The number of allylic oxidation sites excluding steroid dienone is 16. The number of aliphatic hydroxyl groups is 1. The van der Waals surface area contributed by atoms with Crippen molar-refractivity contribution in [1.82, 2.24) is 14.7 Å². The fraction of sp³-hybridized carbons (Fsp3) is 0.778. The molecule has 12 nitrogen and oxygen atoms in total. The predicted molar refractivity (Wildman–Crippen MR) is 436 cm³/mol. The van der Waals surface area contributed by atoms with Crippen molar-refractivity contribution in [1.29, 1.82) is 0 Å². The average molecular weight is 1430 g/mol. The van der Waals surface area contributed by atoms with E-state index in [0.717, 1.165) is 128 Å². The van der Waals surface area contributed by atoms with Crippen molar-refractivity contribution in [2.75, 3.05) is 91.9 Å². The zero-order chi connectivity index (χ0) is 73.9. The second kappa shape index (κ2) is 83.9. The lowest BCUT2D eigenvalue weighted by molar-refractivity contribution is -0.146. The number of ether oxygens (including phenoxy) is 4. The van der Waals surface area contributed by atoms with Crippen molar-refractivity contribution in [2.45, 2.75) is 362 Å². The van der Waals surface area contributed by atoms with E-state index < -0.39 is 0 Å². The number of unbranched alkanes of at least 4 members (excludes halogenated alkanes) is 36. The van der Waals surface area contributed by atoms with Crippen molar-refractivity contribution >= 4 is 23.9 Å². The summed E-state index contributed by atoms with van der Waals surface area (Å²) < 4.78 is 22.9.